The number of nitrogens with one attached hydrogen (secondary N) is 1. The van der Waals surface area contributed by atoms with Crippen LogP contribution in [0, 0.1) is 5.41 Å². The Labute approximate surface area is 86.4 Å². The molecule has 14 heavy (non-hydrogen) atoms. The maximum atomic E-state index is 11.2. The predicted molar refractivity (Wildman–Crippen MR) is 54.5 cm³/mol. The second kappa shape index (κ2) is 5.49. The van der Waals surface area contributed by atoms with Crippen molar-refractivity contribution in [3.05, 3.63) is 16.6 Å². The van der Waals surface area contributed by atoms with Crippen LogP contribution in [0.5, 0.6) is 0 Å². The van der Waals surface area contributed by atoms with E-state index in [1.54, 1.807) is 5.51 Å². The maximum Gasteiger partial charge on any atom is 0.352 e. The number of esters is 1. The first kappa shape index (κ1) is 10.8. The molecule has 0 aliphatic heterocycles. The van der Waals surface area contributed by atoms with Gasteiger partial charge in [-0.25, -0.2) is 9.78 Å². The molecule has 0 atom stereocenters. The lowest BCUT2D eigenvalue weighted by Crippen LogP contribution is -2.16. The summed E-state index contributed by atoms with van der Waals surface area (Å²) in [6, 6.07) is 0. The minimum atomic E-state index is -0.542. The SMILES string of the molecule is CCCC(=N)C(=O)OCc1cscn1. The van der Waals surface area contributed by atoms with Gasteiger partial charge < -0.3 is 4.74 Å². The Morgan fingerprint density at radius 3 is 3.07 bits per heavy atom. The summed E-state index contributed by atoms with van der Waals surface area (Å²) >= 11 is 1.45. The lowest BCUT2D eigenvalue weighted by Gasteiger charge is -2.02. The fraction of sp³-hybridized carbons (Fsp3) is 0.444. The molecule has 0 spiro atoms. The summed E-state index contributed by atoms with van der Waals surface area (Å²) in [5.74, 6) is -0.542. The minimum absolute atomic E-state index is 0.0303. The van der Waals surface area contributed by atoms with Gasteiger partial charge in [-0.3, -0.25) is 5.41 Å². The van der Waals surface area contributed by atoms with E-state index in [9.17, 15) is 4.79 Å². The highest BCUT2D eigenvalue weighted by Crippen LogP contribution is 2.03. The van der Waals surface area contributed by atoms with Gasteiger partial charge in [-0.2, -0.15) is 0 Å². The summed E-state index contributed by atoms with van der Waals surface area (Å²) in [5.41, 5.74) is 2.44. The zero-order valence-electron chi connectivity index (χ0n) is 7.95. The van der Waals surface area contributed by atoms with Crippen LogP contribution in [-0.4, -0.2) is 16.7 Å². The monoisotopic (exact) mass is 212 g/mol. The molecule has 5 heteroatoms. The van der Waals surface area contributed by atoms with Crippen LogP contribution in [0.4, 0.5) is 0 Å². The van der Waals surface area contributed by atoms with Gasteiger partial charge in [0.2, 0.25) is 0 Å². The number of hydrogen-bond donors (Lipinski definition) is 1. The second-order valence-electron chi connectivity index (χ2n) is 2.78. The average molecular weight is 212 g/mol. The van der Waals surface area contributed by atoms with Crippen molar-refractivity contribution in [3.63, 3.8) is 0 Å². The van der Waals surface area contributed by atoms with Crippen molar-refractivity contribution < 1.29 is 9.53 Å². The molecule has 76 valence electrons. The first-order valence-corrected chi connectivity index (χ1v) is 5.30. The van der Waals surface area contributed by atoms with Crippen molar-refractivity contribution in [2.75, 3.05) is 0 Å². The number of ether oxygens (including phenoxy) is 1. The number of carbonyl (C=O) groups excluding carboxylic acids is 1. The Balaban J connectivity index is 2.31. The first-order chi connectivity index (χ1) is 6.74. The van der Waals surface area contributed by atoms with Gasteiger partial charge in [0, 0.05) is 5.38 Å². The van der Waals surface area contributed by atoms with Crippen molar-refractivity contribution >= 4 is 23.0 Å². The molecule has 0 radical (unpaired) electrons. The van der Waals surface area contributed by atoms with Crippen molar-refractivity contribution in [3.8, 4) is 0 Å². The summed E-state index contributed by atoms with van der Waals surface area (Å²) in [6.45, 7) is 2.08. The molecule has 1 aromatic rings. The van der Waals surface area contributed by atoms with Gasteiger partial charge in [0.1, 0.15) is 12.3 Å². The molecule has 0 saturated heterocycles. The molecular formula is C9H12N2O2S. The number of rotatable bonds is 5. The number of aromatic nitrogens is 1. The predicted octanol–water partition coefficient (Wildman–Crippen LogP) is 2.01. The number of thiazole rings is 1. The molecule has 0 aliphatic carbocycles. The average Bonchev–Trinajstić information content (AvgIpc) is 2.67. The van der Waals surface area contributed by atoms with E-state index >= 15 is 0 Å². The topological polar surface area (TPSA) is 63.0 Å². The molecule has 0 unspecified atom stereocenters. The van der Waals surface area contributed by atoms with Crippen LogP contribution in [0.2, 0.25) is 0 Å². The Kier molecular flexibility index (Phi) is 4.25. The zero-order valence-corrected chi connectivity index (χ0v) is 8.76. The zero-order chi connectivity index (χ0) is 10.4. The van der Waals surface area contributed by atoms with Crippen molar-refractivity contribution in [1.29, 1.82) is 5.41 Å². The van der Waals surface area contributed by atoms with Gasteiger partial charge in [0.15, 0.2) is 0 Å². The molecule has 1 rings (SSSR count). The first-order valence-electron chi connectivity index (χ1n) is 4.35. The quantitative estimate of drug-likeness (QED) is 0.599. The standard InChI is InChI=1S/C9H12N2O2S/c1-2-3-8(10)9(12)13-4-7-5-14-6-11-7/h5-6,10H,2-4H2,1H3. The maximum absolute atomic E-state index is 11.2. The molecule has 0 aliphatic rings. The molecule has 1 heterocycles. The third-order valence-corrected chi connectivity index (χ3v) is 2.22. The third-order valence-electron chi connectivity index (χ3n) is 1.58. The molecule has 4 nitrogen and oxygen atoms in total. The fourth-order valence-electron chi connectivity index (χ4n) is 0.887. The molecule has 1 aromatic heterocycles. The van der Waals surface area contributed by atoms with Crippen LogP contribution in [-0.2, 0) is 16.1 Å². The second-order valence-corrected chi connectivity index (χ2v) is 3.50. The molecular weight excluding hydrogens is 200 g/mol. The van der Waals surface area contributed by atoms with E-state index in [2.05, 4.69) is 4.98 Å². The van der Waals surface area contributed by atoms with Crippen molar-refractivity contribution in [1.82, 2.24) is 4.98 Å². The molecule has 0 saturated carbocycles. The Hall–Kier alpha value is -1.23. The summed E-state index contributed by atoms with van der Waals surface area (Å²) in [7, 11) is 0. The molecule has 0 aromatic carbocycles. The van der Waals surface area contributed by atoms with Crippen LogP contribution in [0.25, 0.3) is 0 Å². The van der Waals surface area contributed by atoms with Crippen LogP contribution in [0.15, 0.2) is 10.9 Å². The van der Waals surface area contributed by atoms with Crippen LogP contribution < -0.4 is 0 Å². The lowest BCUT2D eigenvalue weighted by molar-refractivity contribution is -0.137. The summed E-state index contributed by atoms with van der Waals surface area (Å²) in [5, 5.41) is 9.15. The van der Waals surface area contributed by atoms with E-state index in [1.807, 2.05) is 12.3 Å². The summed E-state index contributed by atoms with van der Waals surface area (Å²) in [6.07, 6.45) is 1.25. The largest absolute Gasteiger partial charge is 0.455 e. The molecule has 0 amide bonds. The van der Waals surface area contributed by atoms with Crippen LogP contribution in [0.3, 0.4) is 0 Å². The summed E-state index contributed by atoms with van der Waals surface area (Å²) in [4.78, 5) is 15.1. The Morgan fingerprint density at radius 2 is 2.50 bits per heavy atom. The van der Waals surface area contributed by atoms with Crippen LogP contribution >= 0.6 is 11.3 Å². The van der Waals surface area contributed by atoms with Gasteiger partial charge in [-0.05, 0) is 6.42 Å². The van der Waals surface area contributed by atoms with Crippen molar-refractivity contribution in [2.24, 2.45) is 0 Å². The Morgan fingerprint density at radius 1 is 1.71 bits per heavy atom. The number of hydrogen-bond acceptors (Lipinski definition) is 5. The molecule has 1 N–H and O–H groups in total. The fourth-order valence-corrected chi connectivity index (χ4v) is 1.43. The van der Waals surface area contributed by atoms with Gasteiger partial charge in [-0.1, -0.05) is 13.3 Å². The number of carbonyl (C=O) groups is 1. The minimum Gasteiger partial charge on any atom is -0.455 e. The smallest absolute Gasteiger partial charge is 0.352 e. The molecule has 0 bridgehead atoms. The van der Waals surface area contributed by atoms with Gasteiger partial charge >= 0.3 is 5.97 Å². The van der Waals surface area contributed by atoms with E-state index in [0.717, 1.165) is 12.1 Å². The molecule has 0 fully saturated rings. The van der Waals surface area contributed by atoms with Crippen LogP contribution in [0.1, 0.15) is 25.5 Å². The highest BCUT2D eigenvalue weighted by molar-refractivity contribution is 7.07. The number of nitrogens with zero attached hydrogens (tertiary/aromatic N) is 1. The van der Waals surface area contributed by atoms with E-state index in [-0.39, 0.29) is 12.3 Å². The van der Waals surface area contributed by atoms with Gasteiger partial charge in [0.25, 0.3) is 0 Å². The highest BCUT2D eigenvalue weighted by atomic mass is 32.1. The van der Waals surface area contributed by atoms with Crippen molar-refractivity contribution in [2.45, 2.75) is 26.4 Å². The lowest BCUT2D eigenvalue weighted by atomic mass is 10.2. The van der Waals surface area contributed by atoms with Gasteiger partial charge in [-0.15, -0.1) is 11.3 Å². The van der Waals surface area contributed by atoms with E-state index in [1.165, 1.54) is 11.3 Å². The normalized spacial score (nSPS) is 9.79. The van der Waals surface area contributed by atoms with E-state index < -0.39 is 5.97 Å². The van der Waals surface area contributed by atoms with Gasteiger partial charge in [0.05, 0.1) is 11.2 Å². The van der Waals surface area contributed by atoms with E-state index in [4.69, 9.17) is 10.1 Å². The Bertz CT molecular complexity index is 309. The van der Waals surface area contributed by atoms with E-state index in [0.29, 0.717) is 6.42 Å². The summed E-state index contributed by atoms with van der Waals surface area (Å²) < 4.78 is 4.88. The highest BCUT2D eigenvalue weighted by Gasteiger charge is 2.09. The third kappa shape index (κ3) is 3.26.